The van der Waals surface area contributed by atoms with Gasteiger partial charge in [0.2, 0.25) is 0 Å². The summed E-state index contributed by atoms with van der Waals surface area (Å²) in [6, 6.07) is 16.1. The van der Waals surface area contributed by atoms with Crippen LogP contribution < -0.4 is 0 Å². The Labute approximate surface area is 172 Å². The highest BCUT2D eigenvalue weighted by Gasteiger charge is 2.29. The number of hydrogen-bond donors (Lipinski definition) is 0. The third-order valence-electron chi connectivity index (χ3n) is 5.70. The molecule has 0 aliphatic heterocycles. The van der Waals surface area contributed by atoms with Gasteiger partial charge in [0.15, 0.2) is 11.6 Å². The van der Waals surface area contributed by atoms with Gasteiger partial charge in [-0.25, -0.2) is 0 Å². The van der Waals surface area contributed by atoms with E-state index in [4.69, 9.17) is 0 Å². The fourth-order valence-electron chi connectivity index (χ4n) is 4.20. The molecule has 0 atom stereocenters. The van der Waals surface area contributed by atoms with Crippen LogP contribution in [-0.2, 0) is 12.8 Å². The highest BCUT2D eigenvalue weighted by Crippen LogP contribution is 2.36. The number of benzene rings is 3. The summed E-state index contributed by atoms with van der Waals surface area (Å²) >= 11 is 3.29. The van der Waals surface area contributed by atoms with Crippen molar-refractivity contribution in [2.24, 2.45) is 0 Å². The zero-order valence-corrected chi connectivity index (χ0v) is 17.3. The third-order valence-corrected chi connectivity index (χ3v) is 7.15. The maximum Gasteiger partial charge on any atom is 0.193 e. The lowest BCUT2D eigenvalue weighted by Gasteiger charge is -2.24. The summed E-state index contributed by atoms with van der Waals surface area (Å²) in [6.07, 6.45) is 5.43. The molecule has 4 heteroatoms. The molecule has 0 radical (unpaired) electrons. The number of carbonyl (C=O) groups excluding carboxylic acids is 2. The molecule has 0 N–H and O–H groups in total. The normalized spacial score (nSPS) is 14.2. The van der Waals surface area contributed by atoms with E-state index in [1.54, 1.807) is 23.5 Å². The molecule has 0 saturated heterocycles. The molecule has 0 aromatic heterocycles. The van der Waals surface area contributed by atoms with E-state index in [1.807, 2.05) is 48.9 Å². The lowest BCUT2D eigenvalue weighted by Crippen LogP contribution is -2.21. The van der Waals surface area contributed by atoms with Crippen LogP contribution in [0.15, 0.2) is 58.3 Å². The molecule has 0 unspecified atom stereocenters. The minimum absolute atomic E-state index is 0.0749. The molecule has 0 fully saturated rings. The number of rotatable bonds is 2. The van der Waals surface area contributed by atoms with Crippen LogP contribution >= 0.6 is 23.5 Å². The highest BCUT2D eigenvalue weighted by molar-refractivity contribution is 7.98. The summed E-state index contributed by atoms with van der Waals surface area (Å²) in [5.41, 5.74) is 7.12. The van der Waals surface area contributed by atoms with Gasteiger partial charge in [-0.05, 0) is 84.0 Å². The second kappa shape index (κ2) is 6.64. The molecule has 0 spiro atoms. The Kier molecular flexibility index (Phi) is 4.22. The summed E-state index contributed by atoms with van der Waals surface area (Å²) in [5.74, 6) is 0.150. The number of fused-ring (bicyclic) bond motifs is 4. The first-order chi connectivity index (χ1) is 13.6. The zero-order chi connectivity index (χ0) is 19.4. The molecule has 0 heterocycles. The van der Waals surface area contributed by atoms with Crippen LogP contribution in [0.5, 0.6) is 0 Å². The molecule has 0 saturated carbocycles. The van der Waals surface area contributed by atoms with Crippen LogP contribution in [0.1, 0.15) is 54.1 Å². The zero-order valence-electron chi connectivity index (χ0n) is 15.7. The Bertz CT molecular complexity index is 1080. The van der Waals surface area contributed by atoms with Crippen molar-refractivity contribution >= 4 is 35.1 Å². The van der Waals surface area contributed by atoms with Crippen molar-refractivity contribution in [2.75, 3.05) is 12.5 Å². The van der Waals surface area contributed by atoms with Crippen LogP contribution in [0, 0.1) is 0 Å². The van der Waals surface area contributed by atoms with Crippen molar-refractivity contribution in [1.29, 1.82) is 0 Å². The molecule has 0 bridgehead atoms. The summed E-state index contributed by atoms with van der Waals surface area (Å²) < 4.78 is 0. The molecule has 3 aromatic carbocycles. The maximum atomic E-state index is 13.2. The third kappa shape index (κ3) is 2.66. The molecule has 0 amide bonds. The Morgan fingerprint density at radius 3 is 1.36 bits per heavy atom. The monoisotopic (exact) mass is 402 g/mol. The Morgan fingerprint density at radius 1 is 0.571 bits per heavy atom. The van der Waals surface area contributed by atoms with Crippen LogP contribution in [0.4, 0.5) is 0 Å². The average molecular weight is 403 g/mol. The largest absolute Gasteiger partial charge is 0.289 e. The number of hydrogen-bond acceptors (Lipinski definition) is 4. The molecule has 28 heavy (non-hydrogen) atoms. The Morgan fingerprint density at radius 2 is 0.964 bits per heavy atom. The maximum absolute atomic E-state index is 13.2. The number of ketones is 2. The lowest BCUT2D eigenvalue weighted by molar-refractivity contribution is 0.102. The van der Waals surface area contributed by atoms with Crippen molar-refractivity contribution in [1.82, 2.24) is 0 Å². The van der Waals surface area contributed by atoms with Crippen molar-refractivity contribution in [3.8, 4) is 0 Å². The molecule has 2 aliphatic rings. The predicted molar refractivity (Wildman–Crippen MR) is 115 cm³/mol. The van der Waals surface area contributed by atoms with Crippen LogP contribution in [0.25, 0.3) is 0 Å². The van der Waals surface area contributed by atoms with Crippen molar-refractivity contribution in [3.05, 3.63) is 93.0 Å². The minimum atomic E-state index is 0.0749. The Balaban J connectivity index is 1.62. The summed E-state index contributed by atoms with van der Waals surface area (Å²) in [5, 5.41) is 0. The first-order valence-electron chi connectivity index (χ1n) is 9.18. The number of carbonyl (C=O) groups is 2. The van der Waals surface area contributed by atoms with E-state index in [0.717, 1.165) is 54.3 Å². The topological polar surface area (TPSA) is 34.1 Å². The van der Waals surface area contributed by atoms with E-state index in [1.165, 1.54) is 0 Å². The van der Waals surface area contributed by atoms with Gasteiger partial charge in [0.1, 0.15) is 0 Å². The van der Waals surface area contributed by atoms with Gasteiger partial charge in [0.25, 0.3) is 0 Å². The van der Waals surface area contributed by atoms with Gasteiger partial charge in [-0.3, -0.25) is 9.59 Å². The smallest absolute Gasteiger partial charge is 0.193 e. The van der Waals surface area contributed by atoms with Gasteiger partial charge >= 0.3 is 0 Å². The Hall–Kier alpha value is -2.30. The molecule has 5 rings (SSSR count). The van der Waals surface area contributed by atoms with Crippen LogP contribution in [-0.4, -0.2) is 24.1 Å². The van der Waals surface area contributed by atoms with Gasteiger partial charge in [0, 0.05) is 32.0 Å². The number of thioether (sulfide) groups is 2. The SMILES string of the molecule is CSc1ccc2c(c1)C(=O)c1cc3c(cc1C2)C(=O)c1cc(SC)ccc1C3. The van der Waals surface area contributed by atoms with E-state index < -0.39 is 0 Å². The van der Waals surface area contributed by atoms with E-state index >= 15 is 0 Å². The second-order valence-electron chi connectivity index (χ2n) is 7.22. The fourth-order valence-corrected chi connectivity index (χ4v) is 5.08. The van der Waals surface area contributed by atoms with E-state index in [2.05, 4.69) is 12.1 Å². The minimum Gasteiger partial charge on any atom is -0.289 e. The first-order valence-corrected chi connectivity index (χ1v) is 11.6. The summed E-state index contributed by atoms with van der Waals surface area (Å²) in [7, 11) is 0. The molecule has 3 aromatic rings. The van der Waals surface area contributed by atoms with Crippen molar-refractivity contribution < 1.29 is 9.59 Å². The van der Waals surface area contributed by atoms with Gasteiger partial charge in [-0.15, -0.1) is 23.5 Å². The van der Waals surface area contributed by atoms with E-state index in [9.17, 15) is 9.59 Å². The van der Waals surface area contributed by atoms with E-state index in [0.29, 0.717) is 12.8 Å². The van der Waals surface area contributed by atoms with Crippen molar-refractivity contribution in [3.63, 3.8) is 0 Å². The van der Waals surface area contributed by atoms with Crippen molar-refractivity contribution in [2.45, 2.75) is 22.6 Å². The van der Waals surface area contributed by atoms with Gasteiger partial charge in [0.05, 0.1) is 0 Å². The van der Waals surface area contributed by atoms with Gasteiger partial charge in [-0.2, -0.15) is 0 Å². The molecule has 138 valence electrons. The average Bonchev–Trinajstić information content (AvgIpc) is 2.73. The quantitative estimate of drug-likeness (QED) is 0.370. The second-order valence-corrected chi connectivity index (χ2v) is 8.98. The van der Waals surface area contributed by atoms with E-state index in [-0.39, 0.29) is 11.6 Å². The van der Waals surface area contributed by atoms with Gasteiger partial charge in [-0.1, -0.05) is 12.1 Å². The molecule has 2 nitrogen and oxygen atoms in total. The molecular weight excluding hydrogens is 384 g/mol. The summed E-state index contributed by atoms with van der Waals surface area (Å²) in [4.78, 5) is 28.5. The standard InChI is InChI=1S/C24H18O2S2/c1-27-17-5-3-13-7-15-10-20-16(9-19(15)23(25)21(13)11-17)8-14-4-6-18(28-2)12-22(14)24(20)26/h3-6,9-12H,7-8H2,1-2H3. The first kappa shape index (κ1) is 17.8. The van der Waals surface area contributed by atoms with Gasteiger partial charge < -0.3 is 0 Å². The van der Waals surface area contributed by atoms with Crippen LogP contribution in [0.2, 0.25) is 0 Å². The molecule has 2 aliphatic carbocycles. The summed E-state index contributed by atoms with van der Waals surface area (Å²) in [6.45, 7) is 0. The molecular formula is C24H18O2S2. The predicted octanol–water partition coefficient (Wildman–Crippen LogP) is 5.40. The lowest BCUT2D eigenvalue weighted by atomic mass is 9.78. The van der Waals surface area contributed by atoms with Crippen LogP contribution in [0.3, 0.4) is 0 Å². The fraction of sp³-hybridized carbons (Fsp3) is 0.167. The highest BCUT2D eigenvalue weighted by atomic mass is 32.2.